The molecule has 0 aliphatic rings. The van der Waals surface area contributed by atoms with Gasteiger partial charge in [-0.25, -0.2) is 9.78 Å². The number of para-hydroxylation sites is 1. The van der Waals surface area contributed by atoms with Gasteiger partial charge in [0.25, 0.3) is 5.91 Å². The normalized spacial score (nSPS) is 10.9. The van der Waals surface area contributed by atoms with E-state index in [0.717, 1.165) is 22.0 Å². The van der Waals surface area contributed by atoms with Crippen LogP contribution in [0.25, 0.3) is 16.7 Å². The van der Waals surface area contributed by atoms with E-state index in [2.05, 4.69) is 10.4 Å². The number of aryl methyl sites for hydroxylation is 2. The molecule has 4 aromatic rings. The minimum absolute atomic E-state index is 0.107. The molecule has 0 aliphatic heterocycles. The maximum atomic E-state index is 12.6. The van der Waals surface area contributed by atoms with Gasteiger partial charge in [0.2, 0.25) is 0 Å². The Morgan fingerprint density at radius 3 is 2.73 bits per heavy atom. The van der Waals surface area contributed by atoms with E-state index >= 15 is 0 Å². The number of hydrogen-bond donors (Lipinski definition) is 1. The molecular formula is C22H20N4O4. The number of esters is 1. The highest BCUT2D eigenvalue weighted by atomic mass is 16.5. The number of ether oxygens (including phenoxy) is 1. The molecular weight excluding hydrogens is 384 g/mol. The van der Waals surface area contributed by atoms with Crippen molar-refractivity contribution in [3.05, 3.63) is 71.3 Å². The van der Waals surface area contributed by atoms with Gasteiger partial charge in [-0.1, -0.05) is 18.2 Å². The molecule has 0 atom stereocenters. The third-order valence-electron chi connectivity index (χ3n) is 4.69. The summed E-state index contributed by atoms with van der Waals surface area (Å²) >= 11 is 0. The second-order valence-corrected chi connectivity index (χ2v) is 6.74. The molecule has 1 aromatic carbocycles. The summed E-state index contributed by atoms with van der Waals surface area (Å²) in [7, 11) is 0. The standard InChI is InChI=1S/C22H20N4O4/c1-4-29-22(28)16-12-23-26(20(16)25-21(27)17-9-6-10-30-17)18-11-14(3)15-8-5-7-13(2)19(15)24-18/h5-12H,4H2,1-3H3,(H,25,27). The zero-order valence-corrected chi connectivity index (χ0v) is 16.8. The molecule has 152 valence electrons. The van der Waals surface area contributed by atoms with Crippen LogP contribution in [0.3, 0.4) is 0 Å². The summed E-state index contributed by atoms with van der Waals surface area (Å²) in [5.41, 5.74) is 2.96. The van der Waals surface area contributed by atoms with E-state index in [4.69, 9.17) is 14.1 Å². The first-order valence-electron chi connectivity index (χ1n) is 9.47. The predicted octanol–water partition coefficient (Wildman–Crippen LogP) is 4.06. The summed E-state index contributed by atoms with van der Waals surface area (Å²) in [6, 6.07) is 10.9. The van der Waals surface area contributed by atoms with Crippen LogP contribution in [0.1, 0.15) is 39.0 Å². The number of anilines is 1. The van der Waals surface area contributed by atoms with Gasteiger partial charge >= 0.3 is 5.97 Å². The topological polar surface area (TPSA) is 99.2 Å². The van der Waals surface area contributed by atoms with Gasteiger partial charge in [-0.15, -0.1) is 0 Å². The van der Waals surface area contributed by atoms with Gasteiger partial charge < -0.3 is 14.5 Å². The SMILES string of the molecule is CCOC(=O)c1cnn(-c2cc(C)c3cccc(C)c3n2)c1NC(=O)c1ccco1. The lowest BCUT2D eigenvalue weighted by Gasteiger charge is -2.12. The zero-order valence-electron chi connectivity index (χ0n) is 16.8. The highest BCUT2D eigenvalue weighted by Crippen LogP contribution is 2.26. The predicted molar refractivity (Wildman–Crippen MR) is 111 cm³/mol. The molecule has 1 N–H and O–H groups in total. The third-order valence-corrected chi connectivity index (χ3v) is 4.69. The van der Waals surface area contributed by atoms with Gasteiger partial charge in [0.05, 0.1) is 24.6 Å². The molecule has 4 rings (SSSR count). The molecule has 8 heteroatoms. The fourth-order valence-electron chi connectivity index (χ4n) is 3.23. The van der Waals surface area contributed by atoms with Gasteiger partial charge in [-0.05, 0) is 50.1 Å². The summed E-state index contributed by atoms with van der Waals surface area (Å²) in [6.45, 7) is 5.86. The van der Waals surface area contributed by atoms with E-state index in [0.29, 0.717) is 5.82 Å². The fraction of sp³-hybridized carbons (Fsp3) is 0.182. The highest BCUT2D eigenvalue weighted by Gasteiger charge is 2.23. The molecule has 0 saturated carbocycles. The molecule has 3 aromatic heterocycles. The number of fused-ring (bicyclic) bond motifs is 1. The monoisotopic (exact) mass is 404 g/mol. The number of carbonyl (C=O) groups is 2. The summed E-state index contributed by atoms with van der Waals surface area (Å²) in [6.07, 6.45) is 2.75. The number of benzene rings is 1. The lowest BCUT2D eigenvalue weighted by Crippen LogP contribution is -2.18. The van der Waals surface area contributed by atoms with Gasteiger partial charge in [-0.2, -0.15) is 9.78 Å². The molecule has 1 amide bonds. The number of furan rings is 1. The second kappa shape index (κ2) is 7.82. The van der Waals surface area contributed by atoms with Gasteiger partial charge in [0.1, 0.15) is 5.56 Å². The average Bonchev–Trinajstić information content (AvgIpc) is 3.39. The van der Waals surface area contributed by atoms with Crippen molar-refractivity contribution < 1.29 is 18.7 Å². The molecule has 0 bridgehead atoms. The molecule has 0 aliphatic carbocycles. The molecule has 3 heterocycles. The van der Waals surface area contributed by atoms with E-state index in [1.807, 2.05) is 38.1 Å². The first-order valence-corrected chi connectivity index (χ1v) is 9.47. The number of nitrogens with zero attached hydrogens (tertiary/aromatic N) is 3. The van der Waals surface area contributed by atoms with Crippen molar-refractivity contribution in [1.29, 1.82) is 0 Å². The van der Waals surface area contributed by atoms with Crippen molar-refractivity contribution in [2.75, 3.05) is 11.9 Å². The second-order valence-electron chi connectivity index (χ2n) is 6.74. The molecule has 0 radical (unpaired) electrons. The number of pyridine rings is 1. The highest BCUT2D eigenvalue weighted by molar-refractivity contribution is 6.06. The third kappa shape index (κ3) is 3.43. The molecule has 0 unspecified atom stereocenters. The Bertz CT molecular complexity index is 1240. The summed E-state index contributed by atoms with van der Waals surface area (Å²) < 4.78 is 11.7. The Balaban J connectivity index is 1.85. The Labute approximate surface area is 172 Å². The smallest absolute Gasteiger partial charge is 0.343 e. The minimum Gasteiger partial charge on any atom is -0.462 e. The van der Waals surface area contributed by atoms with Crippen LogP contribution in [0, 0.1) is 13.8 Å². The summed E-state index contributed by atoms with van der Waals surface area (Å²) in [5, 5.41) is 8.04. The average molecular weight is 404 g/mol. The molecule has 30 heavy (non-hydrogen) atoms. The lowest BCUT2D eigenvalue weighted by atomic mass is 10.1. The van der Waals surface area contributed by atoms with Crippen molar-refractivity contribution in [3.8, 4) is 5.82 Å². The van der Waals surface area contributed by atoms with Crippen LogP contribution in [0.4, 0.5) is 5.82 Å². The van der Waals surface area contributed by atoms with Crippen LogP contribution in [-0.4, -0.2) is 33.2 Å². The van der Waals surface area contributed by atoms with Crippen molar-refractivity contribution >= 4 is 28.6 Å². The number of hydrogen-bond acceptors (Lipinski definition) is 6. The number of amides is 1. The van der Waals surface area contributed by atoms with Gasteiger partial charge in [0.15, 0.2) is 17.4 Å². The van der Waals surface area contributed by atoms with Crippen LogP contribution < -0.4 is 5.32 Å². The van der Waals surface area contributed by atoms with Crippen LogP contribution in [-0.2, 0) is 4.74 Å². The maximum Gasteiger partial charge on any atom is 0.343 e. The van der Waals surface area contributed by atoms with Crippen LogP contribution in [0.2, 0.25) is 0 Å². The molecule has 0 fully saturated rings. The van der Waals surface area contributed by atoms with E-state index < -0.39 is 11.9 Å². The Morgan fingerprint density at radius 2 is 2.00 bits per heavy atom. The molecule has 8 nitrogen and oxygen atoms in total. The van der Waals surface area contributed by atoms with Crippen molar-refractivity contribution in [3.63, 3.8) is 0 Å². The Hall–Kier alpha value is -3.94. The van der Waals surface area contributed by atoms with Crippen LogP contribution in [0.5, 0.6) is 0 Å². The van der Waals surface area contributed by atoms with E-state index in [-0.39, 0.29) is 23.7 Å². The number of carbonyl (C=O) groups excluding carboxylic acids is 2. The Morgan fingerprint density at radius 1 is 1.17 bits per heavy atom. The first-order chi connectivity index (χ1) is 14.5. The minimum atomic E-state index is -0.591. The zero-order chi connectivity index (χ0) is 21.3. The van der Waals surface area contributed by atoms with Crippen molar-refractivity contribution in [2.45, 2.75) is 20.8 Å². The summed E-state index contributed by atoms with van der Waals surface area (Å²) in [5.74, 6) is -0.362. The van der Waals surface area contributed by atoms with Gasteiger partial charge in [0, 0.05) is 5.39 Å². The Kier molecular flexibility index (Phi) is 5.05. The number of nitrogens with one attached hydrogen (secondary N) is 1. The number of aromatic nitrogens is 3. The van der Waals surface area contributed by atoms with Gasteiger partial charge in [-0.3, -0.25) is 4.79 Å². The molecule has 0 saturated heterocycles. The van der Waals surface area contributed by atoms with Crippen molar-refractivity contribution in [1.82, 2.24) is 14.8 Å². The van der Waals surface area contributed by atoms with Crippen molar-refractivity contribution in [2.24, 2.45) is 0 Å². The lowest BCUT2D eigenvalue weighted by molar-refractivity contribution is 0.0527. The maximum absolute atomic E-state index is 12.6. The first kappa shape index (κ1) is 19.4. The largest absolute Gasteiger partial charge is 0.462 e. The van der Waals surface area contributed by atoms with E-state index in [1.54, 1.807) is 13.0 Å². The van der Waals surface area contributed by atoms with Crippen LogP contribution >= 0.6 is 0 Å². The summed E-state index contributed by atoms with van der Waals surface area (Å²) in [4.78, 5) is 29.8. The number of rotatable bonds is 5. The van der Waals surface area contributed by atoms with E-state index in [9.17, 15) is 9.59 Å². The van der Waals surface area contributed by atoms with E-state index in [1.165, 1.54) is 23.2 Å². The fourth-order valence-corrected chi connectivity index (χ4v) is 3.23. The molecule has 0 spiro atoms. The van der Waals surface area contributed by atoms with Crippen LogP contribution in [0.15, 0.2) is 53.3 Å². The quantitative estimate of drug-likeness (QED) is 0.504.